The molecule has 7 nitrogen and oxygen atoms in total. The van der Waals surface area contributed by atoms with Crippen molar-refractivity contribution in [1.82, 2.24) is 19.9 Å². The predicted molar refractivity (Wildman–Crippen MR) is 135 cm³/mol. The van der Waals surface area contributed by atoms with Gasteiger partial charge >= 0.3 is 5.97 Å². The molecule has 0 radical (unpaired) electrons. The minimum atomic E-state index is -0.396. The summed E-state index contributed by atoms with van der Waals surface area (Å²) in [4.78, 5) is 31.4. The molecule has 0 amide bonds. The summed E-state index contributed by atoms with van der Waals surface area (Å²) >= 11 is 0. The number of nitrogens with zero attached hydrogens (tertiary/aromatic N) is 4. The molecule has 2 aromatic heterocycles. The molecule has 0 aliphatic heterocycles. The highest BCUT2D eigenvalue weighted by molar-refractivity contribution is 5.91. The molecule has 0 N–H and O–H groups in total. The third kappa shape index (κ3) is 6.69. The van der Waals surface area contributed by atoms with Crippen LogP contribution in [0.2, 0.25) is 0 Å². The lowest BCUT2D eigenvalue weighted by atomic mass is 9.98. The standard InChI is InChI=1S/C28H36N4O3/c1-8-9-14-27(34-15-25-21(6)29-17(2)19(4)31-25)23-12-10-11-13-24(23)28(33)35-16-26-22(7)30-18(3)20(5)32-26/h10-13,27H,8-9,14-16H2,1-7H3. The normalized spacial score (nSPS) is 12.0. The largest absolute Gasteiger partial charge is 0.455 e. The van der Waals surface area contributed by atoms with Gasteiger partial charge in [-0.3, -0.25) is 19.9 Å². The molecule has 35 heavy (non-hydrogen) atoms. The molecule has 3 aromatic rings. The first-order valence-electron chi connectivity index (χ1n) is 12.2. The summed E-state index contributed by atoms with van der Waals surface area (Å²) < 4.78 is 12.0. The minimum Gasteiger partial charge on any atom is -0.455 e. The Bertz CT molecular complexity index is 1190. The summed E-state index contributed by atoms with van der Waals surface area (Å²) in [5, 5.41) is 0. The number of hydrogen-bond acceptors (Lipinski definition) is 7. The van der Waals surface area contributed by atoms with Crippen LogP contribution in [0.15, 0.2) is 24.3 Å². The van der Waals surface area contributed by atoms with Crippen LogP contribution in [-0.2, 0) is 22.7 Å². The van der Waals surface area contributed by atoms with E-state index in [4.69, 9.17) is 9.47 Å². The number of ether oxygens (including phenoxy) is 2. The van der Waals surface area contributed by atoms with Gasteiger partial charge < -0.3 is 9.47 Å². The Morgan fingerprint density at radius 2 is 1.31 bits per heavy atom. The van der Waals surface area contributed by atoms with Crippen molar-refractivity contribution < 1.29 is 14.3 Å². The second kappa shape index (κ2) is 12.0. The van der Waals surface area contributed by atoms with Gasteiger partial charge in [-0.15, -0.1) is 0 Å². The van der Waals surface area contributed by atoms with Gasteiger partial charge in [0, 0.05) is 0 Å². The molecule has 1 unspecified atom stereocenters. The zero-order valence-electron chi connectivity index (χ0n) is 21.9. The molecule has 3 rings (SSSR count). The highest BCUT2D eigenvalue weighted by atomic mass is 16.5. The lowest BCUT2D eigenvalue weighted by Crippen LogP contribution is -2.15. The van der Waals surface area contributed by atoms with E-state index in [1.165, 1.54) is 0 Å². The Labute approximate surface area is 208 Å². The zero-order valence-corrected chi connectivity index (χ0v) is 21.9. The maximum absolute atomic E-state index is 13.1. The summed E-state index contributed by atoms with van der Waals surface area (Å²) in [6.07, 6.45) is 2.53. The number of unbranched alkanes of at least 4 members (excludes halogenated alkanes) is 1. The number of carbonyl (C=O) groups is 1. The topological polar surface area (TPSA) is 87.1 Å². The van der Waals surface area contributed by atoms with Gasteiger partial charge in [-0.25, -0.2) is 4.79 Å². The first-order chi connectivity index (χ1) is 16.7. The molecule has 2 heterocycles. The Morgan fingerprint density at radius 1 is 0.771 bits per heavy atom. The van der Waals surface area contributed by atoms with Crippen molar-refractivity contribution in [2.45, 2.75) is 87.0 Å². The van der Waals surface area contributed by atoms with Crippen molar-refractivity contribution in [3.05, 3.63) is 80.9 Å². The fourth-order valence-electron chi connectivity index (χ4n) is 3.87. The molecular formula is C28H36N4O3. The van der Waals surface area contributed by atoms with Crippen LogP contribution in [0.25, 0.3) is 0 Å². The van der Waals surface area contributed by atoms with Crippen molar-refractivity contribution in [1.29, 1.82) is 0 Å². The summed E-state index contributed by atoms with van der Waals surface area (Å²) in [6.45, 7) is 14.1. The number of aryl methyl sites for hydroxylation is 6. The van der Waals surface area contributed by atoms with E-state index in [0.717, 1.165) is 64.7 Å². The van der Waals surface area contributed by atoms with E-state index in [2.05, 4.69) is 26.9 Å². The summed E-state index contributed by atoms with van der Waals surface area (Å²) in [5.74, 6) is -0.396. The van der Waals surface area contributed by atoms with Gasteiger partial charge in [-0.1, -0.05) is 38.0 Å². The molecular weight excluding hydrogens is 440 g/mol. The summed E-state index contributed by atoms with van der Waals surface area (Å²) in [7, 11) is 0. The highest BCUT2D eigenvalue weighted by Gasteiger charge is 2.22. The molecule has 0 aliphatic rings. The van der Waals surface area contributed by atoms with Crippen molar-refractivity contribution in [3.63, 3.8) is 0 Å². The van der Waals surface area contributed by atoms with Gasteiger partial charge in [0.25, 0.3) is 0 Å². The van der Waals surface area contributed by atoms with Gasteiger partial charge in [-0.05, 0) is 59.6 Å². The van der Waals surface area contributed by atoms with E-state index in [1.807, 2.05) is 59.7 Å². The lowest BCUT2D eigenvalue weighted by molar-refractivity contribution is 0.0268. The lowest BCUT2D eigenvalue weighted by Gasteiger charge is -2.21. The van der Waals surface area contributed by atoms with E-state index < -0.39 is 5.97 Å². The number of carbonyl (C=O) groups excluding carboxylic acids is 1. The first-order valence-corrected chi connectivity index (χ1v) is 12.2. The van der Waals surface area contributed by atoms with Crippen LogP contribution in [0.4, 0.5) is 0 Å². The molecule has 186 valence electrons. The van der Waals surface area contributed by atoms with Gasteiger partial charge in [0.1, 0.15) is 6.61 Å². The van der Waals surface area contributed by atoms with Gasteiger partial charge in [0.05, 0.1) is 63.8 Å². The maximum Gasteiger partial charge on any atom is 0.338 e. The average molecular weight is 477 g/mol. The predicted octanol–water partition coefficient (Wildman–Crippen LogP) is 5.92. The number of rotatable bonds is 10. The van der Waals surface area contributed by atoms with Crippen LogP contribution in [0.5, 0.6) is 0 Å². The Hall–Kier alpha value is -3.19. The number of hydrogen-bond donors (Lipinski definition) is 0. The van der Waals surface area contributed by atoms with Crippen LogP contribution in [0.1, 0.15) is 93.8 Å². The quantitative estimate of drug-likeness (QED) is 0.336. The van der Waals surface area contributed by atoms with Gasteiger partial charge in [0.2, 0.25) is 0 Å². The Balaban J connectivity index is 1.80. The van der Waals surface area contributed by atoms with Crippen molar-refractivity contribution >= 4 is 5.97 Å². The Kier molecular flexibility index (Phi) is 9.04. The summed E-state index contributed by atoms with van der Waals surface area (Å²) in [5.41, 5.74) is 7.97. The monoisotopic (exact) mass is 476 g/mol. The van der Waals surface area contributed by atoms with Crippen LogP contribution in [-0.4, -0.2) is 25.9 Å². The molecule has 0 bridgehead atoms. The van der Waals surface area contributed by atoms with E-state index in [1.54, 1.807) is 6.07 Å². The minimum absolute atomic E-state index is 0.0744. The van der Waals surface area contributed by atoms with E-state index in [9.17, 15) is 4.79 Å². The van der Waals surface area contributed by atoms with Crippen molar-refractivity contribution in [2.24, 2.45) is 0 Å². The van der Waals surface area contributed by atoms with E-state index in [-0.39, 0.29) is 12.7 Å². The van der Waals surface area contributed by atoms with E-state index >= 15 is 0 Å². The van der Waals surface area contributed by atoms with Crippen molar-refractivity contribution in [3.8, 4) is 0 Å². The smallest absolute Gasteiger partial charge is 0.338 e. The average Bonchev–Trinajstić information content (AvgIpc) is 2.83. The molecule has 0 aliphatic carbocycles. The van der Waals surface area contributed by atoms with E-state index in [0.29, 0.717) is 17.9 Å². The second-order valence-electron chi connectivity index (χ2n) is 8.96. The molecule has 1 aromatic carbocycles. The fraction of sp³-hybridized carbons (Fsp3) is 0.464. The Morgan fingerprint density at radius 3 is 1.91 bits per heavy atom. The fourth-order valence-corrected chi connectivity index (χ4v) is 3.87. The number of aromatic nitrogens is 4. The van der Waals surface area contributed by atoms with Crippen LogP contribution < -0.4 is 0 Å². The first kappa shape index (κ1) is 26.4. The molecule has 7 heteroatoms. The van der Waals surface area contributed by atoms with Crippen molar-refractivity contribution in [2.75, 3.05) is 0 Å². The molecule has 1 atom stereocenters. The van der Waals surface area contributed by atoms with Gasteiger partial charge in [-0.2, -0.15) is 0 Å². The van der Waals surface area contributed by atoms with Crippen LogP contribution in [0, 0.1) is 41.5 Å². The molecule has 0 fully saturated rings. The number of benzene rings is 1. The molecule has 0 saturated carbocycles. The third-order valence-corrected chi connectivity index (χ3v) is 6.27. The highest BCUT2D eigenvalue weighted by Crippen LogP contribution is 2.29. The third-order valence-electron chi connectivity index (χ3n) is 6.27. The second-order valence-corrected chi connectivity index (χ2v) is 8.96. The van der Waals surface area contributed by atoms with Crippen LogP contribution in [0.3, 0.4) is 0 Å². The SMILES string of the molecule is CCCCC(OCc1nc(C)c(C)nc1C)c1ccccc1C(=O)OCc1nc(C)c(C)nc1C. The van der Waals surface area contributed by atoms with Gasteiger partial charge in [0.15, 0.2) is 0 Å². The molecule has 0 saturated heterocycles. The molecule has 0 spiro atoms. The summed E-state index contributed by atoms with van der Waals surface area (Å²) in [6, 6.07) is 7.50. The number of esters is 1. The zero-order chi connectivity index (χ0) is 25.5. The van der Waals surface area contributed by atoms with Crippen LogP contribution >= 0.6 is 0 Å². The maximum atomic E-state index is 13.1.